The van der Waals surface area contributed by atoms with E-state index in [-0.39, 0.29) is 16.5 Å². The lowest BCUT2D eigenvalue weighted by atomic mass is 9.95. The average molecular weight is 616 g/mol. The van der Waals surface area contributed by atoms with Crippen molar-refractivity contribution in [1.82, 2.24) is 10.2 Å². The van der Waals surface area contributed by atoms with Crippen molar-refractivity contribution in [1.29, 1.82) is 0 Å². The Balaban J connectivity index is 1.39. The normalized spacial score (nSPS) is 17.3. The largest absolute Gasteiger partial charge is 0.507 e. The number of fused-ring (bicyclic) bond motifs is 1. The molecule has 3 aromatic carbocycles. The Morgan fingerprint density at radius 3 is 2.65 bits per heavy atom. The monoisotopic (exact) mass is 615 g/mol. The summed E-state index contributed by atoms with van der Waals surface area (Å²) in [5, 5.41) is 20.5. The Morgan fingerprint density at radius 1 is 1.02 bits per heavy atom. The van der Waals surface area contributed by atoms with Gasteiger partial charge in [0.25, 0.3) is 5.78 Å². The van der Waals surface area contributed by atoms with Gasteiger partial charge < -0.3 is 19.3 Å². The molecule has 2 aliphatic rings. The number of thioether (sulfide) groups is 1. The molecule has 3 heterocycles. The summed E-state index contributed by atoms with van der Waals surface area (Å²) in [5.41, 5.74) is 2.00. The summed E-state index contributed by atoms with van der Waals surface area (Å²) in [4.78, 5) is 28.6. The molecule has 0 aliphatic carbocycles. The number of ether oxygens (including phenoxy) is 3. The number of carbonyl (C=O) groups is 2. The highest BCUT2D eigenvalue weighted by Gasteiger charge is 2.48. The first-order chi connectivity index (χ1) is 21.0. The quantitative estimate of drug-likeness (QED) is 0.0540. The van der Waals surface area contributed by atoms with Gasteiger partial charge in [-0.1, -0.05) is 78.9 Å². The molecule has 1 aromatic heterocycles. The molecule has 11 heteroatoms. The number of aromatic nitrogens is 2. The lowest BCUT2D eigenvalue weighted by molar-refractivity contribution is -0.132. The molecule has 1 amide bonds. The van der Waals surface area contributed by atoms with E-state index >= 15 is 0 Å². The van der Waals surface area contributed by atoms with Gasteiger partial charge in [-0.3, -0.25) is 14.5 Å². The Hall–Kier alpha value is -4.35. The van der Waals surface area contributed by atoms with E-state index < -0.39 is 17.7 Å². The maximum absolute atomic E-state index is 13.6. The van der Waals surface area contributed by atoms with Crippen molar-refractivity contribution in [2.45, 2.75) is 35.9 Å². The number of benzene rings is 3. The topological polar surface area (TPSA) is 111 Å². The highest BCUT2D eigenvalue weighted by atomic mass is 32.2. The lowest BCUT2D eigenvalue weighted by Gasteiger charge is -2.23. The van der Waals surface area contributed by atoms with Crippen LogP contribution in [0.3, 0.4) is 0 Å². The standard InChI is InChI=1S/C32H29N3O6S2/c1-2-3-14-39-23-11-7-10-21(17-23)27-26(28(36)22-12-13-24-25(18-22)41-16-15-40-24)29(37)30(38)35(27)31-33-34-32(43-31)42-19-20-8-5-4-6-9-20/h4-13,17-18,27,36H,2-3,14-16,19H2,1H3/t27-/m1/s1. The fraction of sp³-hybridized carbons (Fsp3) is 0.250. The highest BCUT2D eigenvalue weighted by molar-refractivity contribution is 8.00. The van der Waals surface area contributed by atoms with Crippen molar-refractivity contribution in [3.05, 3.63) is 95.1 Å². The number of ketones is 1. The molecule has 1 N–H and O–H groups in total. The van der Waals surface area contributed by atoms with Crippen LogP contribution in [0.15, 0.2) is 82.7 Å². The molecule has 1 atom stereocenters. The minimum Gasteiger partial charge on any atom is -0.507 e. The third kappa shape index (κ3) is 6.09. The first kappa shape index (κ1) is 28.8. The van der Waals surface area contributed by atoms with Gasteiger partial charge in [-0.15, -0.1) is 10.2 Å². The van der Waals surface area contributed by atoms with Crippen molar-refractivity contribution < 1.29 is 28.9 Å². The zero-order chi connectivity index (χ0) is 29.8. The summed E-state index contributed by atoms with van der Waals surface area (Å²) in [6.45, 7) is 3.41. The Morgan fingerprint density at radius 2 is 1.84 bits per heavy atom. The third-order valence-corrected chi connectivity index (χ3v) is 9.13. The van der Waals surface area contributed by atoms with Crippen LogP contribution in [-0.2, 0) is 15.3 Å². The lowest BCUT2D eigenvalue weighted by Crippen LogP contribution is -2.29. The van der Waals surface area contributed by atoms with Gasteiger partial charge in [-0.25, -0.2) is 0 Å². The van der Waals surface area contributed by atoms with Crippen LogP contribution in [0.1, 0.15) is 42.5 Å². The second-order valence-electron chi connectivity index (χ2n) is 9.93. The molecular weight excluding hydrogens is 587 g/mol. The van der Waals surface area contributed by atoms with Gasteiger partial charge in [0.05, 0.1) is 18.2 Å². The van der Waals surface area contributed by atoms with Crippen LogP contribution in [-0.4, -0.2) is 46.8 Å². The van der Waals surface area contributed by atoms with Crippen LogP contribution in [0.2, 0.25) is 0 Å². The number of nitrogens with zero attached hydrogens (tertiary/aromatic N) is 3. The molecule has 43 heavy (non-hydrogen) atoms. The predicted octanol–water partition coefficient (Wildman–Crippen LogP) is 6.41. The molecular formula is C32H29N3O6S2. The van der Waals surface area contributed by atoms with Crippen LogP contribution in [0.5, 0.6) is 17.2 Å². The SMILES string of the molecule is CCCCOc1cccc([C@@H]2C(=C(O)c3ccc4c(c3)OCCO4)C(=O)C(=O)N2c2nnc(SCc3ccccc3)s2)c1. The fourth-order valence-electron chi connectivity index (χ4n) is 4.88. The van der Waals surface area contributed by atoms with Gasteiger partial charge in [-0.2, -0.15) is 0 Å². The van der Waals surface area contributed by atoms with E-state index in [0.717, 1.165) is 18.4 Å². The van der Waals surface area contributed by atoms with Crippen LogP contribution in [0.4, 0.5) is 5.13 Å². The zero-order valence-corrected chi connectivity index (χ0v) is 25.0. The second kappa shape index (κ2) is 12.9. The number of aliphatic hydroxyl groups excluding tert-OH is 1. The summed E-state index contributed by atoms with van der Waals surface area (Å²) in [6.07, 6.45) is 1.87. The zero-order valence-electron chi connectivity index (χ0n) is 23.4. The third-order valence-electron chi connectivity index (χ3n) is 7.01. The van der Waals surface area contributed by atoms with Gasteiger partial charge in [-0.05, 0) is 47.9 Å². The van der Waals surface area contributed by atoms with E-state index in [1.165, 1.54) is 28.0 Å². The molecule has 220 valence electrons. The number of amides is 1. The van der Waals surface area contributed by atoms with Crippen molar-refractivity contribution in [3.8, 4) is 17.2 Å². The van der Waals surface area contributed by atoms with Crippen LogP contribution < -0.4 is 19.1 Å². The first-order valence-electron chi connectivity index (χ1n) is 14.0. The van der Waals surface area contributed by atoms with Crippen LogP contribution in [0.25, 0.3) is 5.76 Å². The molecule has 0 unspecified atom stereocenters. The number of carbonyl (C=O) groups excluding carboxylic acids is 2. The number of hydrogen-bond acceptors (Lipinski definition) is 10. The summed E-state index contributed by atoms with van der Waals surface area (Å²) in [7, 11) is 0. The van der Waals surface area contributed by atoms with E-state index in [1.807, 2.05) is 42.5 Å². The molecule has 4 aromatic rings. The summed E-state index contributed by atoms with van der Waals surface area (Å²) in [6, 6.07) is 21.2. The highest BCUT2D eigenvalue weighted by Crippen LogP contribution is 2.45. The Kier molecular flexibility index (Phi) is 8.62. The predicted molar refractivity (Wildman–Crippen MR) is 165 cm³/mol. The maximum Gasteiger partial charge on any atom is 0.301 e. The van der Waals surface area contributed by atoms with Gasteiger partial charge in [0.15, 0.2) is 15.8 Å². The maximum atomic E-state index is 13.6. The van der Waals surface area contributed by atoms with Crippen molar-refractivity contribution in [2.24, 2.45) is 0 Å². The molecule has 1 saturated heterocycles. The summed E-state index contributed by atoms with van der Waals surface area (Å²) < 4.78 is 17.9. The molecule has 6 rings (SSSR count). The second-order valence-corrected chi connectivity index (χ2v) is 12.1. The van der Waals surface area contributed by atoms with E-state index in [4.69, 9.17) is 14.2 Å². The van der Waals surface area contributed by atoms with E-state index in [0.29, 0.717) is 58.3 Å². The molecule has 0 bridgehead atoms. The summed E-state index contributed by atoms with van der Waals surface area (Å²) in [5.74, 6) is 0.359. The number of Topliss-reactive ketones (excluding diaryl/α,β-unsaturated/α-hetero) is 1. The van der Waals surface area contributed by atoms with Crippen LogP contribution >= 0.6 is 23.1 Å². The van der Waals surface area contributed by atoms with Gasteiger partial charge in [0.1, 0.15) is 24.7 Å². The van der Waals surface area contributed by atoms with Gasteiger partial charge >= 0.3 is 5.91 Å². The first-order valence-corrected chi connectivity index (χ1v) is 15.8. The number of unbranched alkanes of at least 4 members (excludes halogenated alkanes) is 1. The number of hydrogen-bond donors (Lipinski definition) is 1. The van der Waals surface area contributed by atoms with E-state index in [1.54, 1.807) is 30.3 Å². The molecule has 1 fully saturated rings. The minimum atomic E-state index is -0.956. The van der Waals surface area contributed by atoms with Crippen molar-refractivity contribution in [3.63, 3.8) is 0 Å². The summed E-state index contributed by atoms with van der Waals surface area (Å²) >= 11 is 2.72. The van der Waals surface area contributed by atoms with E-state index in [9.17, 15) is 14.7 Å². The molecule has 0 saturated carbocycles. The average Bonchev–Trinajstić information content (AvgIpc) is 3.62. The fourth-order valence-corrected chi connectivity index (χ4v) is 6.70. The van der Waals surface area contributed by atoms with Crippen molar-refractivity contribution >= 4 is 45.7 Å². The van der Waals surface area contributed by atoms with E-state index in [2.05, 4.69) is 17.1 Å². The Labute approximate surface area is 257 Å². The molecule has 0 spiro atoms. The minimum absolute atomic E-state index is 0.0546. The van der Waals surface area contributed by atoms with Gasteiger partial charge in [0, 0.05) is 11.3 Å². The van der Waals surface area contributed by atoms with Crippen molar-refractivity contribution in [2.75, 3.05) is 24.7 Å². The number of anilines is 1. The molecule has 9 nitrogen and oxygen atoms in total. The number of aliphatic hydroxyl groups is 1. The number of rotatable bonds is 10. The van der Waals surface area contributed by atoms with Gasteiger partial charge in [0.2, 0.25) is 5.13 Å². The van der Waals surface area contributed by atoms with Crippen LogP contribution in [0, 0.1) is 0 Å². The smallest absolute Gasteiger partial charge is 0.301 e. The Bertz CT molecular complexity index is 1670. The molecule has 0 radical (unpaired) electrons. The molecule has 2 aliphatic heterocycles.